The largest absolute Gasteiger partial charge is 0.344 e. The fourth-order valence-electron chi connectivity index (χ4n) is 2.71. The molecule has 0 aromatic rings. The van der Waals surface area contributed by atoms with Gasteiger partial charge in [-0.1, -0.05) is 13.3 Å². The zero-order valence-electron chi connectivity index (χ0n) is 12.1. The summed E-state index contributed by atoms with van der Waals surface area (Å²) in [5.74, 6) is 0.681. The lowest BCUT2D eigenvalue weighted by Crippen LogP contribution is -2.53. The van der Waals surface area contributed by atoms with E-state index in [1.807, 2.05) is 18.9 Å². The molecule has 0 radical (unpaired) electrons. The highest BCUT2D eigenvalue weighted by atomic mass is 35.5. The van der Waals surface area contributed by atoms with Gasteiger partial charge in [-0.2, -0.15) is 0 Å². The maximum atomic E-state index is 12.2. The monoisotopic (exact) mass is 277 g/mol. The molecule has 5 heteroatoms. The number of nitrogens with two attached hydrogens (primary N) is 1. The van der Waals surface area contributed by atoms with E-state index < -0.39 is 5.54 Å². The van der Waals surface area contributed by atoms with E-state index in [1.54, 1.807) is 0 Å². The van der Waals surface area contributed by atoms with Gasteiger partial charge in [-0.05, 0) is 39.3 Å². The van der Waals surface area contributed by atoms with Crippen LogP contribution in [0.5, 0.6) is 0 Å². The molecule has 4 nitrogen and oxygen atoms in total. The van der Waals surface area contributed by atoms with Crippen LogP contribution in [0.2, 0.25) is 0 Å². The van der Waals surface area contributed by atoms with Crippen molar-refractivity contribution >= 4 is 18.3 Å². The number of carbonyl (C=O) groups excluding carboxylic acids is 1. The lowest BCUT2D eigenvalue weighted by molar-refractivity contribution is -0.135. The molecule has 2 unspecified atom stereocenters. The van der Waals surface area contributed by atoms with Crippen LogP contribution in [-0.2, 0) is 4.79 Å². The molecular formula is C13H28ClN3O. The third kappa shape index (κ3) is 4.75. The summed E-state index contributed by atoms with van der Waals surface area (Å²) in [6, 6.07) is 0. The summed E-state index contributed by atoms with van der Waals surface area (Å²) >= 11 is 0. The molecule has 1 amide bonds. The minimum absolute atomic E-state index is 0. The molecule has 0 aliphatic carbocycles. The van der Waals surface area contributed by atoms with E-state index in [2.05, 4.69) is 18.9 Å². The van der Waals surface area contributed by atoms with Crippen LogP contribution >= 0.6 is 12.4 Å². The van der Waals surface area contributed by atoms with Crippen molar-refractivity contribution in [3.8, 4) is 0 Å². The van der Waals surface area contributed by atoms with Crippen molar-refractivity contribution in [2.75, 3.05) is 33.7 Å². The molecule has 0 aromatic heterocycles. The summed E-state index contributed by atoms with van der Waals surface area (Å²) < 4.78 is 0. The van der Waals surface area contributed by atoms with E-state index in [9.17, 15) is 4.79 Å². The van der Waals surface area contributed by atoms with Crippen LogP contribution in [0.4, 0.5) is 0 Å². The topological polar surface area (TPSA) is 49.6 Å². The van der Waals surface area contributed by atoms with Crippen LogP contribution in [0.3, 0.4) is 0 Å². The van der Waals surface area contributed by atoms with Crippen LogP contribution in [-0.4, -0.2) is 55.0 Å². The van der Waals surface area contributed by atoms with E-state index in [4.69, 9.17) is 5.73 Å². The van der Waals surface area contributed by atoms with E-state index in [-0.39, 0.29) is 18.3 Å². The molecule has 0 aromatic carbocycles. The quantitative estimate of drug-likeness (QED) is 0.825. The normalized spacial score (nSPS) is 23.3. The Labute approximate surface area is 117 Å². The average molecular weight is 278 g/mol. The summed E-state index contributed by atoms with van der Waals surface area (Å²) in [5.41, 5.74) is 5.37. The number of hydrogen-bond acceptors (Lipinski definition) is 3. The number of likely N-dealkylation sites (tertiary alicyclic amines) is 1. The number of amides is 1. The van der Waals surface area contributed by atoms with E-state index in [0.717, 1.165) is 32.5 Å². The Morgan fingerprint density at radius 2 is 2.17 bits per heavy atom. The SMILES string of the molecule is CCCC(C)(N)C(=O)N(C)CC1CCN(C)C1.Cl. The third-order valence-corrected chi connectivity index (χ3v) is 3.63. The first-order valence-electron chi connectivity index (χ1n) is 6.59. The second kappa shape index (κ2) is 7.31. The second-order valence-corrected chi connectivity index (χ2v) is 5.77. The fraction of sp³-hybridized carbons (Fsp3) is 0.923. The molecule has 18 heavy (non-hydrogen) atoms. The van der Waals surface area contributed by atoms with Crippen molar-refractivity contribution in [3.05, 3.63) is 0 Å². The highest BCUT2D eigenvalue weighted by Crippen LogP contribution is 2.18. The molecule has 1 heterocycles. The zero-order valence-corrected chi connectivity index (χ0v) is 12.9. The second-order valence-electron chi connectivity index (χ2n) is 5.77. The summed E-state index contributed by atoms with van der Waals surface area (Å²) in [5, 5.41) is 0. The van der Waals surface area contributed by atoms with Crippen LogP contribution in [0.15, 0.2) is 0 Å². The van der Waals surface area contributed by atoms with Gasteiger partial charge in [0, 0.05) is 20.1 Å². The van der Waals surface area contributed by atoms with Gasteiger partial charge in [0.05, 0.1) is 5.54 Å². The molecule has 1 aliphatic heterocycles. The molecular weight excluding hydrogens is 250 g/mol. The minimum atomic E-state index is -0.700. The van der Waals surface area contributed by atoms with E-state index in [1.165, 1.54) is 6.42 Å². The van der Waals surface area contributed by atoms with E-state index >= 15 is 0 Å². The molecule has 108 valence electrons. The Hall–Kier alpha value is -0.320. The number of halogens is 1. The highest BCUT2D eigenvalue weighted by Gasteiger charge is 2.31. The lowest BCUT2D eigenvalue weighted by atomic mass is 9.95. The van der Waals surface area contributed by atoms with Crippen LogP contribution < -0.4 is 5.73 Å². The maximum absolute atomic E-state index is 12.2. The molecule has 0 spiro atoms. The first-order chi connectivity index (χ1) is 7.86. The Kier molecular flexibility index (Phi) is 7.18. The Morgan fingerprint density at radius 1 is 1.56 bits per heavy atom. The molecule has 2 atom stereocenters. The Bertz CT molecular complexity index is 271. The summed E-state index contributed by atoms with van der Waals surface area (Å²) in [6.45, 7) is 6.97. The van der Waals surface area contributed by atoms with E-state index in [0.29, 0.717) is 5.92 Å². The van der Waals surface area contributed by atoms with Crippen LogP contribution in [0.25, 0.3) is 0 Å². The number of likely N-dealkylation sites (N-methyl/N-ethyl adjacent to an activating group) is 1. The first-order valence-corrected chi connectivity index (χ1v) is 6.59. The Morgan fingerprint density at radius 3 is 2.61 bits per heavy atom. The highest BCUT2D eigenvalue weighted by molar-refractivity contribution is 5.85. The van der Waals surface area contributed by atoms with Gasteiger partial charge in [-0.25, -0.2) is 0 Å². The predicted molar refractivity (Wildman–Crippen MR) is 78.0 cm³/mol. The summed E-state index contributed by atoms with van der Waals surface area (Å²) in [4.78, 5) is 16.3. The van der Waals surface area contributed by atoms with Gasteiger partial charge in [0.25, 0.3) is 0 Å². The molecule has 2 N–H and O–H groups in total. The van der Waals surface area contributed by atoms with Gasteiger partial charge in [-0.3, -0.25) is 4.79 Å². The summed E-state index contributed by atoms with van der Waals surface area (Å²) in [6.07, 6.45) is 2.88. The predicted octanol–water partition coefficient (Wildman–Crippen LogP) is 1.34. The Balaban J connectivity index is 0.00000289. The molecule has 1 saturated heterocycles. The van der Waals surface area contributed by atoms with Crippen molar-refractivity contribution in [3.63, 3.8) is 0 Å². The average Bonchev–Trinajstić information content (AvgIpc) is 2.62. The van der Waals surface area contributed by atoms with Gasteiger partial charge in [0.2, 0.25) is 5.91 Å². The molecule has 0 bridgehead atoms. The van der Waals surface area contributed by atoms with Gasteiger partial charge >= 0.3 is 0 Å². The standard InChI is InChI=1S/C13H27N3O.ClH/c1-5-7-13(2,14)12(17)16(4)10-11-6-8-15(3)9-11;/h11H,5-10,14H2,1-4H3;1H. The van der Waals surface area contributed by atoms with Crippen molar-refractivity contribution in [1.29, 1.82) is 0 Å². The first kappa shape index (κ1) is 17.7. The van der Waals surface area contributed by atoms with Crippen molar-refractivity contribution in [2.24, 2.45) is 11.7 Å². The maximum Gasteiger partial charge on any atom is 0.242 e. The van der Waals surface area contributed by atoms with Crippen molar-refractivity contribution in [2.45, 2.75) is 38.6 Å². The van der Waals surface area contributed by atoms with Gasteiger partial charge < -0.3 is 15.5 Å². The third-order valence-electron chi connectivity index (χ3n) is 3.63. The number of carbonyl (C=O) groups is 1. The van der Waals surface area contributed by atoms with Crippen molar-refractivity contribution < 1.29 is 4.79 Å². The summed E-state index contributed by atoms with van der Waals surface area (Å²) in [7, 11) is 4.01. The number of nitrogens with zero attached hydrogens (tertiary/aromatic N) is 2. The smallest absolute Gasteiger partial charge is 0.242 e. The fourth-order valence-corrected chi connectivity index (χ4v) is 2.71. The molecule has 1 fully saturated rings. The van der Waals surface area contributed by atoms with Gasteiger partial charge in [-0.15, -0.1) is 12.4 Å². The lowest BCUT2D eigenvalue weighted by Gasteiger charge is -2.30. The molecule has 0 saturated carbocycles. The van der Waals surface area contributed by atoms with Crippen LogP contribution in [0.1, 0.15) is 33.1 Å². The number of hydrogen-bond donors (Lipinski definition) is 1. The van der Waals surface area contributed by atoms with Crippen molar-refractivity contribution in [1.82, 2.24) is 9.80 Å². The zero-order chi connectivity index (χ0) is 13.1. The van der Waals surface area contributed by atoms with Gasteiger partial charge in [0.1, 0.15) is 0 Å². The number of rotatable bonds is 5. The molecule has 1 aliphatic rings. The minimum Gasteiger partial charge on any atom is -0.344 e. The van der Waals surface area contributed by atoms with Gasteiger partial charge in [0.15, 0.2) is 0 Å². The van der Waals surface area contributed by atoms with Crippen LogP contribution in [0, 0.1) is 5.92 Å². The molecule has 1 rings (SSSR count).